The fraction of sp³-hybridized carbons (Fsp3) is 0.100. The van der Waals surface area contributed by atoms with Gasteiger partial charge in [-0.25, -0.2) is 4.68 Å². The van der Waals surface area contributed by atoms with E-state index in [0.29, 0.717) is 18.4 Å². The molecule has 0 atom stereocenters. The Bertz CT molecular complexity index is 653. The molecule has 0 aliphatic carbocycles. The molecule has 0 unspecified atom stereocenters. The molecule has 3 heterocycles. The largest absolute Gasteiger partial charge is 0.364 e. The Morgan fingerprint density at radius 2 is 2.26 bits per heavy atom. The molecule has 0 radical (unpaired) electrons. The Hall–Kier alpha value is -2.48. The van der Waals surface area contributed by atoms with Crippen LogP contribution in [-0.2, 0) is 6.54 Å². The highest BCUT2D eigenvalue weighted by Gasteiger charge is 2.07. The third-order valence-electron chi connectivity index (χ3n) is 2.22. The first-order valence-corrected chi connectivity index (χ1v) is 5.74. The van der Waals surface area contributed by atoms with Crippen LogP contribution in [0.4, 0.5) is 5.95 Å². The molecule has 0 fully saturated rings. The summed E-state index contributed by atoms with van der Waals surface area (Å²) in [4.78, 5) is 12.2. The Kier molecular flexibility index (Phi) is 3.07. The van der Waals surface area contributed by atoms with Gasteiger partial charge in [-0.1, -0.05) is 5.16 Å². The van der Waals surface area contributed by atoms with E-state index in [1.54, 1.807) is 24.5 Å². The Balaban J connectivity index is 1.82. The molecular formula is C10H8ClN7O. The summed E-state index contributed by atoms with van der Waals surface area (Å²) in [6.07, 6.45) is 4.83. The zero-order valence-corrected chi connectivity index (χ0v) is 10.3. The van der Waals surface area contributed by atoms with E-state index in [1.165, 1.54) is 10.9 Å². The van der Waals surface area contributed by atoms with E-state index in [1.807, 2.05) is 0 Å². The zero-order valence-electron chi connectivity index (χ0n) is 9.56. The van der Waals surface area contributed by atoms with E-state index in [4.69, 9.17) is 16.1 Å². The minimum absolute atomic E-state index is 0.0863. The van der Waals surface area contributed by atoms with Crippen LogP contribution in [0.1, 0.15) is 5.69 Å². The summed E-state index contributed by atoms with van der Waals surface area (Å²) in [5.41, 5.74) is 0.733. The van der Waals surface area contributed by atoms with Gasteiger partial charge in [0.15, 0.2) is 0 Å². The van der Waals surface area contributed by atoms with Crippen LogP contribution in [0, 0.1) is 0 Å². The molecule has 0 amide bonds. The van der Waals surface area contributed by atoms with Crippen molar-refractivity contribution >= 4 is 17.5 Å². The quantitative estimate of drug-likeness (QED) is 0.768. The summed E-state index contributed by atoms with van der Waals surface area (Å²) in [6.45, 7) is 0.426. The van der Waals surface area contributed by atoms with Crippen molar-refractivity contribution in [2.75, 3.05) is 5.32 Å². The van der Waals surface area contributed by atoms with Crippen LogP contribution in [0.15, 0.2) is 35.3 Å². The second-order valence-corrected chi connectivity index (χ2v) is 3.86. The Morgan fingerprint density at radius 1 is 1.32 bits per heavy atom. The van der Waals surface area contributed by atoms with E-state index in [0.717, 1.165) is 5.69 Å². The van der Waals surface area contributed by atoms with Gasteiger partial charge in [-0.05, 0) is 17.7 Å². The lowest BCUT2D eigenvalue weighted by Gasteiger charge is -2.05. The molecule has 0 aromatic carbocycles. The molecule has 0 spiro atoms. The molecule has 3 rings (SSSR count). The number of nitrogens with one attached hydrogen (secondary N) is 1. The smallest absolute Gasteiger partial charge is 0.256 e. The van der Waals surface area contributed by atoms with Crippen LogP contribution in [0.3, 0.4) is 0 Å². The number of nitrogens with zero attached hydrogens (tertiary/aromatic N) is 6. The van der Waals surface area contributed by atoms with Gasteiger partial charge in [0.25, 0.3) is 5.95 Å². The maximum Gasteiger partial charge on any atom is 0.256 e. The van der Waals surface area contributed by atoms with Gasteiger partial charge >= 0.3 is 0 Å². The van der Waals surface area contributed by atoms with Gasteiger partial charge in [0, 0.05) is 18.5 Å². The monoisotopic (exact) mass is 277 g/mol. The molecule has 9 heteroatoms. The molecule has 0 saturated carbocycles. The van der Waals surface area contributed by atoms with Gasteiger partial charge in [0.2, 0.25) is 11.2 Å². The van der Waals surface area contributed by atoms with Crippen LogP contribution < -0.4 is 5.32 Å². The second-order valence-electron chi connectivity index (χ2n) is 3.52. The molecule has 19 heavy (non-hydrogen) atoms. The highest BCUT2D eigenvalue weighted by atomic mass is 35.5. The molecule has 0 aliphatic heterocycles. The van der Waals surface area contributed by atoms with Crippen molar-refractivity contribution in [2.24, 2.45) is 0 Å². The van der Waals surface area contributed by atoms with Crippen LogP contribution in [-0.4, -0.2) is 29.9 Å². The number of anilines is 1. The minimum atomic E-state index is 0.0863. The second kappa shape index (κ2) is 5.02. The van der Waals surface area contributed by atoms with Crippen molar-refractivity contribution in [1.82, 2.24) is 29.9 Å². The van der Waals surface area contributed by atoms with E-state index >= 15 is 0 Å². The van der Waals surface area contributed by atoms with Gasteiger partial charge in [-0.15, -0.1) is 0 Å². The van der Waals surface area contributed by atoms with Gasteiger partial charge < -0.3 is 9.84 Å². The summed E-state index contributed by atoms with van der Waals surface area (Å²) >= 11 is 5.85. The van der Waals surface area contributed by atoms with Gasteiger partial charge in [-0.2, -0.15) is 20.1 Å². The third kappa shape index (κ3) is 2.68. The standard InChI is InChI=1S/C10H8ClN7O/c11-8-14-9(12-6-7-2-5-19-17-7)16-10(15-8)18-4-1-3-13-18/h1-5H,6H2,(H,12,14,15,16). The lowest BCUT2D eigenvalue weighted by molar-refractivity contribution is 0.412. The van der Waals surface area contributed by atoms with Gasteiger partial charge in [0.1, 0.15) is 12.0 Å². The van der Waals surface area contributed by atoms with E-state index in [-0.39, 0.29) is 5.28 Å². The maximum atomic E-state index is 5.85. The normalized spacial score (nSPS) is 10.6. The predicted octanol–water partition coefficient (Wildman–Crippen LogP) is 1.31. The zero-order chi connectivity index (χ0) is 13.1. The summed E-state index contributed by atoms with van der Waals surface area (Å²) in [7, 11) is 0. The Labute approximate surface area is 112 Å². The highest BCUT2D eigenvalue weighted by Crippen LogP contribution is 2.09. The van der Waals surface area contributed by atoms with Crippen LogP contribution in [0.25, 0.3) is 5.95 Å². The first-order chi connectivity index (χ1) is 9.31. The molecule has 0 bridgehead atoms. The van der Waals surface area contributed by atoms with E-state index in [9.17, 15) is 0 Å². The topological polar surface area (TPSA) is 94.6 Å². The summed E-state index contributed by atoms with van der Waals surface area (Å²) in [6, 6.07) is 3.50. The first-order valence-electron chi connectivity index (χ1n) is 5.36. The van der Waals surface area contributed by atoms with Crippen molar-refractivity contribution in [1.29, 1.82) is 0 Å². The fourth-order valence-electron chi connectivity index (χ4n) is 1.41. The van der Waals surface area contributed by atoms with Crippen molar-refractivity contribution in [3.63, 3.8) is 0 Å². The maximum absolute atomic E-state index is 5.85. The van der Waals surface area contributed by atoms with E-state index < -0.39 is 0 Å². The lowest BCUT2D eigenvalue weighted by atomic mass is 10.4. The number of hydrogen-bond donors (Lipinski definition) is 1. The summed E-state index contributed by atoms with van der Waals surface area (Å²) in [5, 5.41) is 10.9. The average Bonchev–Trinajstić information content (AvgIpc) is 3.09. The molecule has 1 N–H and O–H groups in total. The minimum Gasteiger partial charge on any atom is -0.364 e. The molecule has 0 saturated heterocycles. The number of rotatable bonds is 4. The number of aromatic nitrogens is 6. The first kappa shape index (κ1) is 11.6. The SMILES string of the molecule is Clc1nc(NCc2ccon2)nc(-n2cccn2)n1. The van der Waals surface area contributed by atoms with Crippen molar-refractivity contribution in [3.8, 4) is 5.95 Å². The summed E-state index contributed by atoms with van der Waals surface area (Å²) < 4.78 is 6.22. The van der Waals surface area contributed by atoms with Gasteiger partial charge in [-0.3, -0.25) is 0 Å². The molecular weight excluding hydrogens is 270 g/mol. The van der Waals surface area contributed by atoms with Crippen molar-refractivity contribution < 1.29 is 4.52 Å². The molecule has 3 aromatic rings. The predicted molar refractivity (Wildman–Crippen MR) is 65.8 cm³/mol. The molecule has 0 aliphatic rings. The fourth-order valence-corrected chi connectivity index (χ4v) is 1.56. The van der Waals surface area contributed by atoms with Crippen LogP contribution in [0.2, 0.25) is 5.28 Å². The lowest BCUT2D eigenvalue weighted by Crippen LogP contribution is -2.09. The molecule has 96 valence electrons. The average molecular weight is 278 g/mol. The molecule has 3 aromatic heterocycles. The van der Waals surface area contributed by atoms with Crippen LogP contribution in [0.5, 0.6) is 0 Å². The van der Waals surface area contributed by atoms with Crippen molar-refractivity contribution in [2.45, 2.75) is 6.54 Å². The van der Waals surface area contributed by atoms with E-state index in [2.05, 4.69) is 30.5 Å². The van der Waals surface area contributed by atoms with Crippen LogP contribution >= 0.6 is 11.6 Å². The Morgan fingerprint density at radius 3 is 3.00 bits per heavy atom. The van der Waals surface area contributed by atoms with Gasteiger partial charge in [0.05, 0.1) is 6.54 Å². The van der Waals surface area contributed by atoms with Crippen molar-refractivity contribution in [3.05, 3.63) is 41.8 Å². The highest BCUT2D eigenvalue weighted by molar-refractivity contribution is 6.28. The summed E-state index contributed by atoms with van der Waals surface area (Å²) in [5.74, 6) is 0.682. The third-order valence-corrected chi connectivity index (χ3v) is 2.39. The number of hydrogen-bond acceptors (Lipinski definition) is 7. The number of halogens is 1. The molecule has 8 nitrogen and oxygen atoms in total.